The molecule has 0 fully saturated rings. The molecule has 0 aliphatic carbocycles. The molecule has 0 amide bonds. The molecule has 0 spiro atoms. The first-order chi connectivity index (χ1) is 14.8. The minimum atomic E-state index is -4.30. The zero-order chi connectivity index (χ0) is 23.5. The van der Waals surface area contributed by atoms with Crippen molar-refractivity contribution in [3.05, 3.63) is 71.5 Å². The fourth-order valence-electron chi connectivity index (χ4n) is 3.96. The summed E-state index contributed by atoms with van der Waals surface area (Å²) < 4.78 is 64.4. The quantitative estimate of drug-likeness (QED) is 0.565. The second-order valence-corrected chi connectivity index (χ2v) is 11.2. The van der Waals surface area contributed by atoms with Crippen LogP contribution in [0.1, 0.15) is 37.8 Å². The molecule has 2 aliphatic heterocycles. The molecule has 0 saturated heterocycles. The number of aliphatic imine (C=N–C) groups is 1. The Morgan fingerprint density at radius 1 is 1.00 bits per heavy atom. The number of benzene rings is 2. The molecular weight excluding hydrogens is 452 g/mol. The number of nitrogens with zero attached hydrogens (tertiary/aromatic N) is 1. The van der Waals surface area contributed by atoms with Crippen LogP contribution in [0, 0.1) is 0 Å². The van der Waals surface area contributed by atoms with Gasteiger partial charge in [0.2, 0.25) is 0 Å². The molecule has 4 rings (SSSR count). The van der Waals surface area contributed by atoms with E-state index in [1.165, 1.54) is 24.3 Å². The van der Waals surface area contributed by atoms with Crippen LogP contribution in [0.25, 0.3) is 0 Å². The number of hydrogen-bond donors (Lipinski definition) is 3. The Labute approximate surface area is 186 Å². The number of nitrogens with one attached hydrogen (secondary N) is 1. The fraction of sp³-hybridized carbons (Fsp3) is 0.227. The minimum Gasteiger partial charge on any atom is -0.358 e. The van der Waals surface area contributed by atoms with Crippen molar-refractivity contribution in [1.29, 1.82) is 0 Å². The molecule has 2 aliphatic rings. The topological polar surface area (TPSA) is 133 Å². The van der Waals surface area contributed by atoms with Crippen LogP contribution < -0.4 is 5.32 Å². The zero-order valence-corrected chi connectivity index (χ0v) is 19.2. The first-order valence-corrected chi connectivity index (χ1v) is 12.6. The smallest absolute Gasteiger partial charge is 0.294 e. The Balaban J connectivity index is 1.59. The average Bonchev–Trinajstić information content (AvgIpc) is 3.14. The van der Waals surface area contributed by atoms with Crippen LogP contribution in [0.5, 0.6) is 0 Å². The summed E-state index contributed by atoms with van der Waals surface area (Å²) in [6.07, 6.45) is 5.52. The predicted octanol–water partition coefficient (Wildman–Crippen LogP) is 4.21. The lowest BCUT2D eigenvalue weighted by Crippen LogP contribution is -2.24. The molecule has 0 bridgehead atoms. The van der Waals surface area contributed by atoms with Gasteiger partial charge in [-0.1, -0.05) is 26.8 Å². The summed E-state index contributed by atoms with van der Waals surface area (Å²) in [5.41, 5.74) is 3.91. The molecule has 2 aromatic rings. The van der Waals surface area contributed by atoms with E-state index >= 15 is 0 Å². The van der Waals surface area contributed by atoms with Crippen molar-refractivity contribution in [3.8, 4) is 0 Å². The Bertz CT molecular complexity index is 1430. The summed E-state index contributed by atoms with van der Waals surface area (Å²) in [6, 6.07) is 8.76. The standard InChI is InChI=1S/C22H22N2O6S2/c1-13-16-11-14(31(25,26)27)7-9-19(16)23-18(13)5-4-6-21-22(2,3)17-12-15(32(28,29)30)8-10-20(17)24-21/h4-13,23H,1-3H3,(H,25,26,27)(H,28,29,30). The molecule has 32 heavy (non-hydrogen) atoms. The zero-order valence-electron chi connectivity index (χ0n) is 17.6. The first-order valence-electron chi connectivity index (χ1n) is 9.76. The number of hydrogen-bond acceptors (Lipinski definition) is 6. The van der Waals surface area contributed by atoms with Crippen molar-refractivity contribution >= 4 is 37.3 Å². The molecular formula is C22H22N2O6S2. The number of fused-ring (bicyclic) bond motifs is 2. The van der Waals surface area contributed by atoms with E-state index in [1.54, 1.807) is 12.1 Å². The lowest BCUT2D eigenvalue weighted by atomic mass is 9.81. The molecule has 0 aromatic heterocycles. The van der Waals surface area contributed by atoms with Crippen LogP contribution >= 0.6 is 0 Å². The highest BCUT2D eigenvalue weighted by Crippen LogP contribution is 2.42. The van der Waals surface area contributed by atoms with Crippen LogP contribution in [0.4, 0.5) is 11.4 Å². The van der Waals surface area contributed by atoms with Gasteiger partial charge in [0.15, 0.2) is 0 Å². The maximum Gasteiger partial charge on any atom is 0.294 e. The Morgan fingerprint density at radius 3 is 2.28 bits per heavy atom. The first kappa shape index (κ1) is 22.4. The van der Waals surface area contributed by atoms with Crippen molar-refractivity contribution in [2.24, 2.45) is 4.99 Å². The SMILES string of the molecule is CC1C(=CC=CC2=Nc3ccc(S(=O)(=O)O)cc3C2(C)C)Nc2ccc(S(=O)(=O)O)cc21. The maximum absolute atomic E-state index is 11.5. The summed E-state index contributed by atoms with van der Waals surface area (Å²) in [6.45, 7) is 5.77. The van der Waals surface area contributed by atoms with Gasteiger partial charge in [-0.3, -0.25) is 14.1 Å². The van der Waals surface area contributed by atoms with Gasteiger partial charge in [-0.25, -0.2) is 0 Å². The largest absolute Gasteiger partial charge is 0.358 e. The van der Waals surface area contributed by atoms with Crippen LogP contribution in [0.2, 0.25) is 0 Å². The average molecular weight is 475 g/mol. The van der Waals surface area contributed by atoms with Gasteiger partial charge in [0.05, 0.1) is 21.2 Å². The predicted molar refractivity (Wildman–Crippen MR) is 122 cm³/mol. The van der Waals surface area contributed by atoms with Crippen molar-refractivity contribution in [2.45, 2.75) is 41.9 Å². The molecule has 1 atom stereocenters. The summed E-state index contributed by atoms with van der Waals surface area (Å²) in [5, 5.41) is 3.25. The van der Waals surface area contributed by atoms with E-state index < -0.39 is 25.7 Å². The van der Waals surface area contributed by atoms with Gasteiger partial charge < -0.3 is 5.32 Å². The van der Waals surface area contributed by atoms with Crippen molar-refractivity contribution in [1.82, 2.24) is 0 Å². The van der Waals surface area contributed by atoms with Crippen LogP contribution in [0.15, 0.2) is 75.1 Å². The third kappa shape index (κ3) is 3.90. The lowest BCUT2D eigenvalue weighted by Gasteiger charge is -2.20. The van der Waals surface area contributed by atoms with Gasteiger partial charge in [0, 0.05) is 22.7 Å². The second kappa shape index (κ2) is 7.38. The van der Waals surface area contributed by atoms with E-state index in [-0.39, 0.29) is 15.7 Å². The van der Waals surface area contributed by atoms with Crippen molar-refractivity contribution < 1.29 is 25.9 Å². The van der Waals surface area contributed by atoms with E-state index in [1.807, 2.05) is 39.0 Å². The monoisotopic (exact) mass is 474 g/mol. The highest BCUT2D eigenvalue weighted by atomic mass is 32.2. The number of rotatable bonds is 4. The molecule has 10 heteroatoms. The summed E-state index contributed by atoms with van der Waals surface area (Å²) >= 11 is 0. The molecule has 2 aromatic carbocycles. The van der Waals surface area contributed by atoms with Gasteiger partial charge in [0.25, 0.3) is 20.2 Å². The molecule has 168 valence electrons. The molecule has 0 saturated carbocycles. The van der Waals surface area contributed by atoms with E-state index in [0.717, 1.165) is 22.7 Å². The van der Waals surface area contributed by atoms with Gasteiger partial charge in [0.1, 0.15) is 0 Å². The highest BCUT2D eigenvalue weighted by Gasteiger charge is 2.34. The van der Waals surface area contributed by atoms with E-state index in [4.69, 9.17) is 0 Å². The lowest BCUT2D eigenvalue weighted by molar-refractivity contribution is 0.480. The number of allylic oxidation sites excluding steroid dienone is 4. The Morgan fingerprint density at radius 2 is 1.62 bits per heavy atom. The Kier molecular flexibility index (Phi) is 5.17. The third-order valence-electron chi connectivity index (χ3n) is 5.88. The fourth-order valence-corrected chi connectivity index (χ4v) is 4.98. The molecule has 3 N–H and O–H groups in total. The van der Waals surface area contributed by atoms with Crippen LogP contribution in [-0.2, 0) is 25.7 Å². The van der Waals surface area contributed by atoms with Gasteiger partial charge in [-0.15, -0.1) is 0 Å². The van der Waals surface area contributed by atoms with Gasteiger partial charge >= 0.3 is 0 Å². The van der Waals surface area contributed by atoms with Crippen LogP contribution in [0.3, 0.4) is 0 Å². The van der Waals surface area contributed by atoms with E-state index in [0.29, 0.717) is 11.3 Å². The van der Waals surface area contributed by atoms with Crippen LogP contribution in [-0.4, -0.2) is 31.7 Å². The number of anilines is 1. The van der Waals surface area contributed by atoms with Gasteiger partial charge in [-0.05, 0) is 59.7 Å². The summed E-state index contributed by atoms with van der Waals surface area (Å²) in [5.74, 6) is -0.107. The van der Waals surface area contributed by atoms with E-state index in [2.05, 4.69) is 10.3 Å². The minimum absolute atomic E-state index is 0.107. The van der Waals surface area contributed by atoms with E-state index in [9.17, 15) is 25.9 Å². The molecule has 2 heterocycles. The molecule has 1 unspecified atom stereocenters. The summed E-state index contributed by atoms with van der Waals surface area (Å²) in [4.78, 5) is 4.28. The molecule has 0 radical (unpaired) electrons. The third-order valence-corrected chi connectivity index (χ3v) is 7.58. The summed E-state index contributed by atoms with van der Waals surface area (Å²) in [7, 11) is -8.58. The van der Waals surface area contributed by atoms with Crippen molar-refractivity contribution in [3.63, 3.8) is 0 Å². The maximum atomic E-state index is 11.5. The second-order valence-electron chi connectivity index (χ2n) is 8.33. The highest BCUT2D eigenvalue weighted by molar-refractivity contribution is 7.86. The molecule has 8 nitrogen and oxygen atoms in total. The normalized spacial score (nSPS) is 20.8. The van der Waals surface area contributed by atoms with Crippen molar-refractivity contribution in [2.75, 3.05) is 5.32 Å². The van der Waals surface area contributed by atoms with Gasteiger partial charge in [-0.2, -0.15) is 16.8 Å². The Hall–Kier alpha value is -2.79.